The van der Waals surface area contributed by atoms with E-state index in [1.54, 1.807) is 4.90 Å². The second-order valence-corrected chi connectivity index (χ2v) is 4.79. The van der Waals surface area contributed by atoms with E-state index in [-0.39, 0.29) is 30.4 Å². The van der Waals surface area contributed by atoms with Crippen LogP contribution in [0.25, 0.3) is 0 Å². The molecule has 0 aromatic rings. The number of carbonyl (C=O) groups is 2. The van der Waals surface area contributed by atoms with Gasteiger partial charge in [0.05, 0.1) is 6.54 Å². The van der Waals surface area contributed by atoms with Crippen molar-refractivity contribution in [1.82, 2.24) is 15.5 Å². The summed E-state index contributed by atoms with van der Waals surface area (Å²) in [7, 11) is 0. The fraction of sp³-hybridized carbons (Fsp3) is 0.750. The third kappa shape index (κ3) is 5.04. The maximum absolute atomic E-state index is 12.0. The third-order valence-corrected chi connectivity index (χ3v) is 3.27. The molecule has 1 heterocycles. The summed E-state index contributed by atoms with van der Waals surface area (Å²) in [5.41, 5.74) is 10.5. The zero-order valence-corrected chi connectivity index (χ0v) is 11.7. The van der Waals surface area contributed by atoms with Gasteiger partial charge in [-0.3, -0.25) is 15.0 Å². The van der Waals surface area contributed by atoms with Gasteiger partial charge in [0.2, 0.25) is 11.8 Å². The van der Waals surface area contributed by atoms with Crippen molar-refractivity contribution in [3.8, 4) is 0 Å². The van der Waals surface area contributed by atoms with Crippen LogP contribution >= 0.6 is 0 Å². The van der Waals surface area contributed by atoms with Crippen LogP contribution in [0.2, 0.25) is 0 Å². The first kappa shape index (κ1) is 16.2. The zero-order valence-electron chi connectivity index (χ0n) is 11.7. The van der Waals surface area contributed by atoms with Gasteiger partial charge < -0.3 is 27.0 Å². The Labute approximate surface area is 118 Å². The molecule has 0 unspecified atom stereocenters. The lowest BCUT2D eigenvalue weighted by Gasteiger charge is -2.23. The van der Waals surface area contributed by atoms with E-state index in [1.807, 2.05) is 0 Å². The van der Waals surface area contributed by atoms with E-state index < -0.39 is 0 Å². The minimum atomic E-state index is -0.374. The van der Waals surface area contributed by atoms with Crippen molar-refractivity contribution in [2.24, 2.45) is 11.5 Å². The third-order valence-electron chi connectivity index (χ3n) is 3.27. The standard InChI is InChI=1S/C12H24N6O2/c13-8-10(19)18-7-3-4-9(18)11(20)16-5-1-2-6-17-12(14)15/h9H,1-8,13H2,(H,16,20)(H4,14,15,17)/t9-/m0/s1. The van der Waals surface area contributed by atoms with Crippen molar-refractivity contribution in [2.45, 2.75) is 31.7 Å². The Morgan fingerprint density at radius 3 is 2.50 bits per heavy atom. The van der Waals surface area contributed by atoms with Crippen LogP contribution in [0.15, 0.2) is 0 Å². The number of nitrogens with one attached hydrogen (secondary N) is 3. The average Bonchev–Trinajstić information content (AvgIpc) is 2.90. The summed E-state index contributed by atoms with van der Waals surface area (Å²) in [6.07, 6.45) is 3.15. The highest BCUT2D eigenvalue weighted by Crippen LogP contribution is 2.17. The highest BCUT2D eigenvalue weighted by molar-refractivity contribution is 5.88. The molecule has 8 heteroatoms. The predicted molar refractivity (Wildman–Crippen MR) is 75.9 cm³/mol. The maximum Gasteiger partial charge on any atom is 0.242 e. The summed E-state index contributed by atoms with van der Waals surface area (Å²) in [6, 6.07) is -0.374. The van der Waals surface area contributed by atoms with Gasteiger partial charge in [-0.25, -0.2) is 0 Å². The molecular weight excluding hydrogens is 260 g/mol. The Hall–Kier alpha value is -1.83. The monoisotopic (exact) mass is 284 g/mol. The lowest BCUT2D eigenvalue weighted by atomic mass is 10.2. The van der Waals surface area contributed by atoms with E-state index in [9.17, 15) is 9.59 Å². The van der Waals surface area contributed by atoms with Crippen molar-refractivity contribution in [2.75, 3.05) is 26.2 Å². The molecular formula is C12H24N6O2. The summed E-state index contributed by atoms with van der Waals surface area (Å²) in [5.74, 6) is -0.326. The molecule has 7 N–H and O–H groups in total. The van der Waals surface area contributed by atoms with Crippen LogP contribution in [0.1, 0.15) is 25.7 Å². The van der Waals surface area contributed by atoms with Crippen LogP contribution in [-0.4, -0.2) is 54.9 Å². The second-order valence-electron chi connectivity index (χ2n) is 4.79. The predicted octanol–water partition coefficient (Wildman–Crippen LogP) is -1.68. The molecule has 0 bridgehead atoms. The number of nitrogens with two attached hydrogens (primary N) is 2. The topological polar surface area (TPSA) is 137 Å². The summed E-state index contributed by atoms with van der Waals surface area (Å²) >= 11 is 0. The smallest absolute Gasteiger partial charge is 0.242 e. The van der Waals surface area contributed by atoms with Gasteiger partial charge in [-0.15, -0.1) is 0 Å². The summed E-state index contributed by atoms with van der Waals surface area (Å²) in [5, 5.41) is 12.5. The number of guanidine groups is 1. The Morgan fingerprint density at radius 1 is 1.25 bits per heavy atom. The number of carbonyl (C=O) groups excluding carboxylic acids is 2. The van der Waals surface area contributed by atoms with Gasteiger partial charge >= 0.3 is 0 Å². The molecule has 0 aromatic carbocycles. The molecule has 1 atom stereocenters. The Balaban J connectivity index is 2.21. The van der Waals surface area contributed by atoms with E-state index in [0.29, 0.717) is 26.1 Å². The fourth-order valence-electron chi connectivity index (χ4n) is 2.26. The van der Waals surface area contributed by atoms with Crippen molar-refractivity contribution < 1.29 is 9.59 Å². The molecule has 0 radical (unpaired) electrons. The van der Waals surface area contributed by atoms with Crippen molar-refractivity contribution in [3.63, 3.8) is 0 Å². The fourth-order valence-corrected chi connectivity index (χ4v) is 2.26. The number of hydrogen-bond acceptors (Lipinski definition) is 4. The summed E-state index contributed by atoms with van der Waals surface area (Å²) < 4.78 is 0. The first-order valence-corrected chi connectivity index (χ1v) is 6.91. The molecule has 2 amide bonds. The number of hydrogen-bond donors (Lipinski definition) is 5. The summed E-state index contributed by atoms with van der Waals surface area (Å²) in [6.45, 7) is 1.73. The lowest BCUT2D eigenvalue weighted by Crippen LogP contribution is -2.48. The Morgan fingerprint density at radius 2 is 1.90 bits per heavy atom. The van der Waals surface area contributed by atoms with Gasteiger partial charge in [0.1, 0.15) is 6.04 Å². The second kappa shape index (κ2) is 8.36. The molecule has 0 saturated carbocycles. The van der Waals surface area contributed by atoms with Crippen LogP contribution in [0.5, 0.6) is 0 Å². The van der Waals surface area contributed by atoms with E-state index in [1.165, 1.54) is 0 Å². The number of rotatable bonds is 7. The minimum Gasteiger partial charge on any atom is -0.370 e. The maximum atomic E-state index is 12.0. The van der Waals surface area contributed by atoms with E-state index in [2.05, 4.69) is 10.6 Å². The average molecular weight is 284 g/mol. The number of likely N-dealkylation sites (tertiary alicyclic amines) is 1. The van der Waals surface area contributed by atoms with Crippen LogP contribution in [0.4, 0.5) is 0 Å². The van der Waals surface area contributed by atoms with Crippen molar-refractivity contribution in [1.29, 1.82) is 5.41 Å². The van der Waals surface area contributed by atoms with Crippen LogP contribution < -0.4 is 22.1 Å². The quantitative estimate of drug-likeness (QED) is 0.216. The molecule has 0 spiro atoms. The molecule has 1 rings (SSSR count). The molecule has 0 aliphatic carbocycles. The van der Waals surface area contributed by atoms with Gasteiger partial charge in [0.15, 0.2) is 5.96 Å². The van der Waals surface area contributed by atoms with Gasteiger partial charge in [-0.1, -0.05) is 0 Å². The van der Waals surface area contributed by atoms with Gasteiger partial charge in [-0.2, -0.15) is 0 Å². The van der Waals surface area contributed by atoms with E-state index in [0.717, 1.165) is 19.3 Å². The zero-order chi connectivity index (χ0) is 15.0. The van der Waals surface area contributed by atoms with Crippen LogP contribution in [0, 0.1) is 5.41 Å². The molecule has 1 fully saturated rings. The van der Waals surface area contributed by atoms with Crippen LogP contribution in [-0.2, 0) is 9.59 Å². The van der Waals surface area contributed by atoms with Gasteiger partial charge in [-0.05, 0) is 25.7 Å². The number of amides is 2. The largest absolute Gasteiger partial charge is 0.370 e. The molecule has 1 aliphatic rings. The van der Waals surface area contributed by atoms with Crippen LogP contribution in [0.3, 0.4) is 0 Å². The first-order valence-electron chi connectivity index (χ1n) is 6.91. The Bertz CT molecular complexity index is 360. The van der Waals surface area contributed by atoms with E-state index in [4.69, 9.17) is 16.9 Å². The van der Waals surface area contributed by atoms with Crippen molar-refractivity contribution in [3.05, 3.63) is 0 Å². The normalized spacial score (nSPS) is 17.9. The minimum absolute atomic E-state index is 0.0454. The molecule has 8 nitrogen and oxygen atoms in total. The SMILES string of the molecule is N=C(N)NCCCCNC(=O)[C@@H]1CCCN1C(=O)CN. The van der Waals surface area contributed by atoms with E-state index >= 15 is 0 Å². The molecule has 1 aliphatic heterocycles. The molecule has 20 heavy (non-hydrogen) atoms. The van der Waals surface area contributed by atoms with Gasteiger partial charge in [0, 0.05) is 19.6 Å². The highest BCUT2D eigenvalue weighted by atomic mass is 16.2. The molecule has 114 valence electrons. The number of unbranched alkanes of at least 4 members (excludes halogenated alkanes) is 1. The summed E-state index contributed by atoms with van der Waals surface area (Å²) in [4.78, 5) is 25.2. The van der Waals surface area contributed by atoms with Gasteiger partial charge in [0.25, 0.3) is 0 Å². The highest BCUT2D eigenvalue weighted by Gasteiger charge is 2.32. The first-order chi connectivity index (χ1) is 9.56. The lowest BCUT2D eigenvalue weighted by molar-refractivity contribution is -0.137. The Kier molecular flexibility index (Phi) is 6.78. The molecule has 0 aromatic heterocycles. The number of nitrogens with zero attached hydrogens (tertiary/aromatic N) is 1. The molecule has 1 saturated heterocycles. The van der Waals surface area contributed by atoms with Crippen molar-refractivity contribution >= 4 is 17.8 Å².